The number of rotatable bonds is 7. The predicted octanol–water partition coefficient (Wildman–Crippen LogP) is 1.86. The molecule has 1 aromatic carbocycles. The molecule has 2 heterocycles. The van der Waals surface area contributed by atoms with Gasteiger partial charge in [0.05, 0.1) is 12.6 Å². The average molecular weight is 479 g/mol. The van der Waals surface area contributed by atoms with Crippen molar-refractivity contribution < 1.29 is 31.9 Å². The number of nitrogens with zero attached hydrogens (tertiary/aromatic N) is 2. The number of aromatic nitrogens is 2. The van der Waals surface area contributed by atoms with Gasteiger partial charge >= 0.3 is 12.4 Å². The summed E-state index contributed by atoms with van der Waals surface area (Å²) in [5.41, 5.74) is 1.38. The molecule has 1 aliphatic rings. The van der Waals surface area contributed by atoms with Crippen molar-refractivity contribution in [2.75, 3.05) is 19.8 Å². The first-order chi connectivity index (χ1) is 14.5. The van der Waals surface area contributed by atoms with Crippen molar-refractivity contribution in [2.45, 2.75) is 37.3 Å². The van der Waals surface area contributed by atoms with Gasteiger partial charge in [-0.2, -0.15) is 0 Å². The van der Waals surface area contributed by atoms with Crippen molar-refractivity contribution in [1.29, 1.82) is 0 Å². The zero-order valence-corrected chi connectivity index (χ0v) is 19.6. The highest BCUT2D eigenvalue weighted by Gasteiger charge is 2.35. The Hall–Kier alpha value is -2.15. The molecule has 2 aromatic rings. The highest BCUT2D eigenvalue weighted by atomic mass is 35.5. The Kier molecular flexibility index (Phi) is 7.24. The molecule has 1 aromatic heterocycles. The van der Waals surface area contributed by atoms with Crippen molar-refractivity contribution in [1.82, 2.24) is 20.8 Å². The molecule has 0 unspecified atom stereocenters. The van der Waals surface area contributed by atoms with E-state index in [4.69, 9.17) is 20.8 Å². The van der Waals surface area contributed by atoms with Crippen LogP contribution in [0.5, 0.6) is 6.08 Å². The van der Waals surface area contributed by atoms with Crippen LogP contribution in [0.3, 0.4) is 0 Å². The second-order valence-corrected chi connectivity index (χ2v) is 9.82. The van der Waals surface area contributed by atoms with E-state index in [2.05, 4.69) is 25.6 Å². The number of aryl methyl sites for hydroxylation is 1. The monoisotopic (exact) mass is 478 g/mol. The van der Waals surface area contributed by atoms with E-state index in [0.29, 0.717) is 40.2 Å². The van der Waals surface area contributed by atoms with Gasteiger partial charge in [-0.05, 0) is 43.5 Å². The maximum absolute atomic E-state index is 12.6. The summed E-state index contributed by atoms with van der Waals surface area (Å²) in [5.74, 6) is 0.111. The number of carbonyl (C=O) groups is 1. The van der Waals surface area contributed by atoms with E-state index < -0.39 is 13.0 Å². The summed E-state index contributed by atoms with van der Waals surface area (Å²) in [4.78, 5) is 12.6. The van der Waals surface area contributed by atoms with Gasteiger partial charge < -0.3 is 19.8 Å². The maximum Gasteiger partial charge on any atom is 0.522 e. The molecule has 0 spiro atoms. The summed E-state index contributed by atoms with van der Waals surface area (Å²) < 4.78 is 49.8. The van der Waals surface area contributed by atoms with E-state index in [9.17, 15) is 18.0 Å². The van der Waals surface area contributed by atoms with Crippen LogP contribution in [0.25, 0.3) is 0 Å². The molecule has 0 saturated carbocycles. The summed E-state index contributed by atoms with van der Waals surface area (Å²) >= 11 is 6.02. The summed E-state index contributed by atoms with van der Waals surface area (Å²) in [5, 5.41) is 14.2. The number of piperidine rings is 1. The number of hydrogen-bond donors (Lipinski definition) is 2. The lowest BCUT2D eigenvalue weighted by Gasteiger charge is -2.38. The van der Waals surface area contributed by atoms with Crippen molar-refractivity contribution in [3.05, 3.63) is 40.2 Å². The number of hydrogen-bond acceptors (Lipinski definition) is 7. The Balaban J connectivity index is 1.49. The zero-order valence-electron chi connectivity index (χ0n) is 16.9. The topological polar surface area (TPSA) is 98.5 Å². The molecule has 1 saturated heterocycles. The first-order valence-electron chi connectivity index (χ1n) is 9.54. The fraction of sp³-hybridized carbons (Fsp3) is 0.500. The number of nitrogens with one attached hydrogen (secondary N) is 2. The summed E-state index contributed by atoms with van der Waals surface area (Å²) in [6.07, 6.45) is -3.61. The van der Waals surface area contributed by atoms with Crippen LogP contribution in [0.4, 0.5) is 13.2 Å². The molecular weight excluding hydrogens is 457 g/mol. The molecule has 1 fully saturated rings. The predicted molar refractivity (Wildman–Crippen MR) is 108 cm³/mol. The van der Waals surface area contributed by atoms with Gasteiger partial charge in [0.1, 0.15) is 6.61 Å². The number of alkyl halides is 3. The molecule has 1 amide bonds. The largest absolute Gasteiger partial charge is 0.522 e. The van der Waals surface area contributed by atoms with E-state index in [0.717, 1.165) is 5.56 Å². The van der Waals surface area contributed by atoms with Crippen LogP contribution in [0.15, 0.2) is 22.6 Å². The van der Waals surface area contributed by atoms with Gasteiger partial charge in [0, 0.05) is 32.5 Å². The molecule has 31 heavy (non-hydrogen) atoms. The Morgan fingerprint density at radius 3 is 2.84 bits per heavy atom. The lowest BCUT2D eigenvalue weighted by molar-refractivity contribution is -0.325. The van der Waals surface area contributed by atoms with Gasteiger partial charge in [-0.1, -0.05) is 16.7 Å². The number of carbonyl (C=O) groups excluding carboxylic acids is 1. The molecule has 0 radical (unpaired) electrons. The second-order valence-electron chi connectivity index (χ2n) is 7.50. The number of halogens is 4. The quantitative estimate of drug-likeness (QED) is 0.463. The third-order valence-electron chi connectivity index (χ3n) is 4.85. The fourth-order valence-corrected chi connectivity index (χ4v) is 3.99. The highest BCUT2D eigenvalue weighted by molar-refractivity contribution is 6.31. The lowest BCUT2D eigenvalue weighted by Crippen LogP contribution is -2.58. The van der Waals surface area contributed by atoms with Gasteiger partial charge in [-0.3, -0.25) is 9.53 Å². The van der Waals surface area contributed by atoms with Gasteiger partial charge in [0.15, 0.2) is 0 Å². The zero-order chi connectivity index (χ0) is 22.6. The first-order valence-corrected chi connectivity index (χ1v) is 10.9. The standard InChI is InChI=1S/C18H22ClF3N4O4Si/c1-10-8-11(2-3-12(10)19)14(27)24-17(31)5-4-13(23-9-17)15-25-26-16(30-15)28-6-7-29-18(20,21)22/h2-3,8,13,23H,4-7,9H2,1,31H3,(H,24,27)/t13-,17+/m1/s1. The minimum atomic E-state index is -4.72. The Morgan fingerprint density at radius 2 is 2.19 bits per heavy atom. The van der Waals surface area contributed by atoms with Crippen LogP contribution in [0.2, 0.25) is 5.02 Å². The maximum atomic E-state index is 12.6. The second kappa shape index (κ2) is 9.55. The number of benzene rings is 1. The Morgan fingerprint density at radius 1 is 1.42 bits per heavy atom. The van der Waals surface area contributed by atoms with Crippen LogP contribution < -0.4 is 15.4 Å². The van der Waals surface area contributed by atoms with Gasteiger partial charge in [-0.15, -0.1) is 18.3 Å². The van der Waals surface area contributed by atoms with Gasteiger partial charge in [0.2, 0.25) is 5.89 Å². The van der Waals surface area contributed by atoms with E-state index >= 15 is 0 Å². The van der Waals surface area contributed by atoms with E-state index in [1.807, 2.05) is 6.92 Å². The van der Waals surface area contributed by atoms with Crippen LogP contribution in [0.1, 0.15) is 40.7 Å². The third kappa shape index (κ3) is 6.66. The molecule has 3 rings (SSSR count). The molecule has 0 bridgehead atoms. The van der Waals surface area contributed by atoms with Crippen molar-refractivity contribution in [3.63, 3.8) is 0 Å². The molecule has 13 heteroatoms. The summed E-state index contributed by atoms with van der Waals surface area (Å²) in [6, 6.07) is 4.90. The number of amides is 1. The molecule has 170 valence electrons. The Labute approximate surface area is 184 Å². The molecule has 8 nitrogen and oxygen atoms in total. The summed E-state index contributed by atoms with van der Waals surface area (Å²) in [7, 11) is 0.714. The molecule has 2 N–H and O–H groups in total. The smallest absolute Gasteiger partial charge is 0.447 e. The summed E-state index contributed by atoms with van der Waals surface area (Å²) in [6.45, 7) is 1.30. The minimum absolute atomic E-state index is 0.162. The third-order valence-corrected chi connectivity index (χ3v) is 6.38. The van der Waals surface area contributed by atoms with Gasteiger partial charge in [0.25, 0.3) is 5.91 Å². The molecular formula is C18H22ClF3N4O4Si. The molecule has 2 atom stereocenters. The van der Waals surface area contributed by atoms with Crippen molar-refractivity contribution in [3.8, 4) is 6.08 Å². The van der Waals surface area contributed by atoms with E-state index in [1.54, 1.807) is 18.2 Å². The van der Waals surface area contributed by atoms with Gasteiger partial charge in [-0.25, -0.2) is 0 Å². The van der Waals surface area contributed by atoms with E-state index in [1.165, 1.54) is 0 Å². The fourth-order valence-electron chi connectivity index (χ4n) is 3.16. The highest BCUT2D eigenvalue weighted by Crippen LogP contribution is 2.28. The SMILES string of the molecule is Cc1cc(C(=O)N[C@]2([SiH3])CC[C@H](c3nnc(OCCOC(F)(F)F)o3)NC2)ccc1Cl. The Bertz CT molecular complexity index is 919. The molecule has 0 aliphatic carbocycles. The lowest BCUT2D eigenvalue weighted by atomic mass is 9.99. The number of ether oxygens (including phenoxy) is 2. The van der Waals surface area contributed by atoms with E-state index in [-0.39, 0.29) is 35.7 Å². The first kappa shape index (κ1) is 23.5. The normalized spacial score (nSPS) is 21.8. The van der Waals surface area contributed by atoms with Crippen LogP contribution >= 0.6 is 11.6 Å². The molecule has 1 aliphatic heterocycles. The van der Waals surface area contributed by atoms with Crippen molar-refractivity contribution >= 4 is 27.8 Å². The average Bonchev–Trinajstić information content (AvgIpc) is 3.16. The van der Waals surface area contributed by atoms with Crippen LogP contribution in [-0.2, 0) is 4.74 Å². The minimum Gasteiger partial charge on any atom is -0.447 e. The van der Waals surface area contributed by atoms with Crippen LogP contribution in [0, 0.1) is 6.92 Å². The van der Waals surface area contributed by atoms with Crippen molar-refractivity contribution in [2.24, 2.45) is 0 Å². The van der Waals surface area contributed by atoms with Crippen LogP contribution in [-0.4, -0.2) is 57.6 Å².